The third-order valence-electron chi connectivity index (χ3n) is 1.87. The number of hydrazine groups is 1. The Morgan fingerprint density at radius 2 is 2.14 bits per heavy atom. The Balaban J connectivity index is 2.31. The first-order chi connectivity index (χ1) is 6.81. The van der Waals surface area contributed by atoms with E-state index in [2.05, 4.69) is 5.43 Å². The van der Waals surface area contributed by atoms with Crippen LogP contribution in [0.2, 0.25) is 5.22 Å². The van der Waals surface area contributed by atoms with Gasteiger partial charge in [0.15, 0.2) is 5.22 Å². The van der Waals surface area contributed by atoms with Crippen LogP contribution in [0.15, 0.2) is 39.4 Å². The summed E-state index contributed by atoms with van der Waals surface area (Å²) >= 11 is 5.66. The van der Waals surface area contributed by atoms with Gasteiger partial charge >= 0.3 is 0 Å². The predicted molar refractivity (Wildman–Crippen MR) is 51.6 cm³/mol. The van der Waals surface area contributed by atoms with E-state index >= 15 is 0 Å². The van der Waals surface area contributed by atoms with Crippen LogP contribution < -0.4 is 11.3 Å². The van der Waals surface area contributed by atoms with Crippen molar-refractivity contribution in [1.29, 1.82) is 0 Å². The second kappa shape index (κ2) is 3.88. The van der Waals surface area contributed by atoms with Gasteiger partial charge in [-0.25, -0.2) is 5.43 Å². The van der Waals surface area contributed by atoms with Crippen LogP contribution in [0.5, 0.6) is 0 Å². The van der Waals surface area contributed by atoms with Gasteiger partial charge in [-0.3, -0.25) is 5.84 Å². The van der Waals surface area contributed by atoms with E-state index in [0.717, 1.165) is 0 Å². The highest BCUT2D eigenvalue weighted by Gasteiger charge is 2.18. The lowest BCUT2D eigenvalue weighted by Crippen LogP contribution is -2.28. The van der Waals surface area contributed by atoms with Crippen molar-refractivity contribution in [2.24, 2.45) is 5.84 Å². The first-order valence-corrected chi connectivity index (χ1v) is 4.44. The van der Waals surface area contributed by atoms with E-state index in [1.54, 1.807) is 30.5 Å². The Kier molecular flexibility index (Phi) is 2.58. The maximum absolute atomic E-state index is 5.66. The summed E-state index contributed by atoms with van der Waals surface area (Å²) in [6, 6.07) is 6.68. The Bertz CT molecular complexity index is 397. The summed E-state index contributed by atoms with van der Waals surface area (Å²) in [5.41, 5.74) is 2.59. The second-order valence-electron chi connectivity index (χ2n) is 2.76. The van der Waals surface area contributed by atoms with Crippen molar-refractivity contribution in [1.82, 2.24) is 5.43 Å². The molecule has 0 amide bonds. The van der Waals surface area contributed by atoms with Crippen molar-refractivity contribution >= 4 is 11.6 Å². The lowest BCUT2D eigenvalue weighted by molar-refractivity contribution is 0.393. The number of nitrogens with one attached hydrogen (secondary N) is 1. The number of rotatable bonds is 3. The van der Waals surface area contributed by atoms with Crippen molar-refractivity contribution in [2.45, 2.75) is 6.04 Å². The van der Waals surface area contributed by atoms with Crippen LogP contribution in [0.3, 0.4) is 0 Å². The van der Waals surface area contributed by atoms with Crippen LogP contribution in [0.25, 0.3) is 0 Å². The summed E-state index contributed by atoms with van der Waals surface area (Å²) in [4.78, 5) is 0. The van der Waals surface area contributed by atoms with Crippen molar-refractivity contribution in [3.05, 3.63) is 47.3 Å². The smallest absolute Gasteiger partial charge is 0.193 e. The zero-order valence-electron chi connectivity index (χ0n) is 7.24. The van der Waals surface area contributed by atoms with Gasteiger partial charge in [0.1, 0.15) is 17.6 Å². The Labute approximate surface area is 85.6 Å². The van der Waals surface area contributed by atoms with Crippen LogP contribution in [0.4, 0.5) is 0 Å². The lowest BCUT2D eigenvalue weighted by Gasteiger charge is -2.09. The third-order valence-corrected chi connectivity index (χ3v) is 2.08. The van der Waals surface area contributed by atoms with Crippen molar-refractivity contribution in [3.8, 4) is 0 Å². The molecule has 74 valence electrons. The maximum atomic E-state index is 5.66. The van der Waals surface area contributed by atoms with E-state index < -0.39 is 0 Å². The number of furan rings is 2. The van der Waals surface area contributed by atoms with Crippen LogP contribution in [-0.4, -0.2) is 0 Å². The fourth-order valence-electron chi connectivity index (χ4n) is 1.24. The van der Waals surface area contributed by atoms with E-state index in [4.69, 9.17) is 26.3 Å². The highest BCUT2D eigenvalue weighted by Crippen LogP contribution is 2.25. The molecular weight excluding hydrogens is 204 g/mol. The van der Waals surface area contributed by atoms with Gasteiger partial charge in [-0.05, 0) is 35.9 Å². The molecule has 0 saturated carbocycles. The van der Waals surface area contributed by atoms with Crippen LogP contribution in [0.1, 0.15) is 17.6 Å². The van der Waals surface area contributed by atoms with E-state index in [-0.39, 0.29) is 6.04 Å². The molecule has 4 nitrogen and oxygen atoms in total. The van der Waals surface area contributed by atoms with Gasteiger partial charge in [0.05, 0.1) is 6.26 Å². The van der Waals surface area contributed by atoms with Gasteiger partial charge in [-0.2, -0.15) is 0 Å². The standard InChI is InChI=1S/C9H9ClN2O2/c10-8-4-3-7(14-8)9(12-11)6-2-1-5-13-6/h1-5,9,12H,11H2. The monoisotopic (exact) mass is 212 g/mol. The molecule has 2 rings (SSSR count). The normalized spacial score (nSPS) is 13.0. The average molecular weight is 213 g/mol. The number of hydrogen-bond acceptors (Lipinski definition) is 4. The molecule has 5 heteroatoms. The summed E-state index contributed by atoms with van der Waals surface area (Å²) in [6.45, 7) is 0. The zero-order valence-corrected chi connectivity index (χ0v) is 7.99. The van der Waals surface area contributed by atoms with E-state index in [1.165, 1.54) is 0 Å². The first kappa shape index (κ1) is 9.33. The topological polar surface area (TPSA) is 64.3 Å². The molecule has 2 aromatic heterocycles. The molecular formula is C9H9ClN2O2. The minimum Gasteiger partial charge on any atom is -0.467 e. The van der Waals surface area contributed by atoms with Crippen LogP contribution in [0, 0.1) is 0 Å². The van der Waals surface area contributed by atoms with Gasteiger partial charge in [0.2, 0.25) is 0 Å². The predicted octanol–water partition coefficient (Wildman–Crippen LogP) is 2.08. The molecule has 0 aliphatic carbocycles. The molecule has 0 fully saturated rings. The molecule has 0 bridgehead atoms. The van der Waals surface area contributed by atoms with Crippen LogP contribution in [-0.2, 0) is 0 Å². The minimum atomic E-state index is -0.308. The molecule has 2 aromatic rings. The largest absolute Gasteiger partial charge is 0.467 e. The summed E-state index contributed by atoms with van der Waals surface area (Å²) in [7, 11) is 0. The summed E-state index contributed by atoms with van der Waals surface area (Å²) < 4.78 is 10.4. The maximum Gasteiger partial charge on any atom is 0.193 e. The van der Waals surface area contributed by atoms with Gasteiger partial charge in [0, 0.05) is 0 Å². The molecule has 1 unspecified atom stereocenters. The molecule has 0 aromatic carbocycles. The Morgan fingerprint density at radius 1 is 1.29 bits per heavy atom. The Hall–Kier alpha value is -1.23. The quantitative estimate of drug-likeness (QED) is 0.604. The summed E-state index contributed by atoms with van der Waals surface area (Å²) in [6.07, 6.45) is 1.57. The SMILES string of the molecule is NNC(c1ccco1)c1ccc(Cl)o1. The van der Waals surface area contributed by atoms with Gasteiger partial charge in [0.25, 0.3) is 0 Å². The zero-order chi connectivity index (χ0) is 9.97. The molecule has 14 heavy (non-hydrogen) atoms. The Morgan fingerprint density at radius 3 is 2.64 bits per heavy atom. The van der Waals surface area contributed by atoms with E-state index in [1.807, 2.05) is 0 Å². The number of nitrogens with two attached hydrogens (primary N) is 1. The molecule has 0 saturated heterocycles. The fourth-order valence-corrected chi connectivity index (χ4v) is 1.40. The van der Waals surface area contributed by atoms with Gasteiger partial charge in [-0.1, -0.05) is 0 Å². The van der Waals surface area contributed by atoms with Gasteiger partial charge < -0.3 is 8.83 Å². The number of halogens is 1. The van der Waals surface area contributed by atoms with Crippen LogP contribution >= 0.6 is 11.6 Å². The van der Waals surface area contributed by atoms with Crippen molar-refractivity contribution < 1.29 is 8.83 Å². The fraction of sp³-hybridized carbons (Fsp3) is 0.111. The highest BCUT2D eigenvalue weighted by molar-refractivity contribution is 6.28. The van der Waals surface area contributed by atoms with Crippen molar-refractivity contribution in [3.63, 3.8) is 0 Å². The first-order valence-electron chi connectivity index (χ1n) is 4.06. The molecule has 0 spiro atoms. The highest BCUT2D eigenvalue weighted by atomic mass is 35.5. The number of hydrogen-bond donors (Lipinski definition) is 2. The molecule has 0 aliphatic rings. The van der Waals surface area contributed by atoms with Gasteiger partial charge in [-0.15, -0.1) is 0 Å². The van der Waals surface area contributed by atoms with Crippen molar-refractivity contribution in [2.75, 3.05) is 0 Å². The van der Waals surface area contributed by atoms with E-state index in [9.17, 15) is 0 Å². The molecule has 1 atom stereocenters. The summed E-state index contributed by atoms with van der Waals surface area (Å²) in [5, 5.41) is 0.326. The molecule has 2 heterocycles. The average Bonchev–Trinajstić information content (AvgIpc) is 2.79. The second-order valence-corrected chi connectivity index (χ2v) is 3.13. The summed E-state index contributed by atoms with van der Waals surface area (Å²) in [5.74, 6) is 6.69. The molecule has 0 aliphatic heterocycles. The molecule has 3 N–H and O–H groups in total. The molecule has 0 radical (unpaired) electrons. The lowest BCUT2D eigenvalue weighted by atomic mass is 10.2. The van der Waals surface area contributed by atoms with E-state index in [0.29, 0.717) is 16.7 Å². The third kappa shape index (κ3) is 1.68. The minimum absolute atomic E-state index is 0.308.